The molecular weight excluding hydrogens is 262 g/mol. The van der Waals surface area contributed by atoms with E-state index >= 15 is 0 Å². The highest BCUT2D eigenvalue weighted by molar-refractivity contribution is 5.97. The number of hydrogen-bond acceptors (Lipinski definition) is 5. The van der Waals surface area contributed by atoms with E-state index in [1.807, 2.05) is 0 Å². The van der Waals surface area contributed by atoms with Gasteiger partial charge in [0.15, 0.2) is 0 Å². The molecule has 1 aliphatic rings. The number of carbonyl (C=O) groups excluding carboxylic acids is 2. The van der Waals surface area contributed by atoms with Crippen LogP contribution in [0.1, 0.15) is 23.8 Å². The first-order valence-electron chi connectivity index (χ1n) is 6.57. The molecule has 3 N–H and O–H groups in total. The average Bonchev–Trinajstić information content (AvgIpc) is 2.96. The lowest BCUT2D eigenvalue weighted by atomic mass is 10.2. The summed E-state index contributed by atoms with van der Waals surface area (Å²) in [7, 11) is 1.71. The molecule has 2 rings (SSSR count). The molecule has 20 heavy (non-hydrogen) atoms. The van der Waals surface area contributed by atoms with Crippen molar-refractivity contribution < 1.29 is 19.4 Å². The van der Waals surface area contributed by atoms with Gasteiger partial charge in [-0.15, -0.1) is 0 Å². The number of aromatic nitrogens is 1. The third-order valence-corrected chi connectivity index (χ3v) is 3.18. The Morgan fingerprint density at radius 1 is 1.60 bits per heavy atom. The van der Waals surface area contributed by atoms with E-state index in [1.54, 1.807) is 30.8 Å². The first kappa shape index (κ1) is 14.5. The van der Waals surface area contributed by atoms with E-state index in [4.69, 9.17) is 4.74 Å². The van der Waals surface area contributed by atoms with Crippen LogP contribution in [0.3, 0.4) is 0 Å². The lowest BCUT2D eigenvalue weighted by Crippen LogP contribution is -2.35. The Morgan fingerprint density at radius 3 is 2.95 bits per heavy atom. The standard InChI is InChI=1S/C13H19N3O4/c1-3-20-13(19)11-4-8(7-16(11)2)15-12(18)10-5-9(17)6-14-10/h4,7,9-10,14,17H,3,5-6H2,1-2H3,(H,15,18). The Labute approximate surface area is 116 Å². The largest absolute Gasteiger partial charge is 0.461 e. The highest BCUT2D eigenvalue weighted by Gasteiger charge is 2.28. The Balaban J connectivity index is 2.01. The first-order chi connectivity index (χ1) is 9.51. The van der Waals surface area contributed by atoms with Gasteiger partial charge < -0.3 is 25.0 Å². The third-order valence-electron chi connectivity index (χ3n) is 3.18. The van der Waals surface area contributed by atoms with Crippen LogP contribution < -0.4 is 10.6 Å². The maximum atomic E-state index is 12.0. The zero-order valence-electron chi connectivity index (χ0n) is 11.5. The average molecular weight is 281 g/mol. The summed E-state index contributed by atoms with van der Waals surface area (Å²) in [5.74, 6) is -0.646. The number of aryl methyl sites for hydroxylation is 1. The second-order valence-electron chi connectivity index (χ2n) is 4.79. The molecule has 0 spiro atoms. The normalized spacial score (nSPS) is 21.8. The van der Waals surface area contributed by atoms with Crippen LogP contribution in [0, 0.1) is 0 Å². The zero-order valence-corrected chi connectivity index (χ0v) is 11.5. The molecule has 0 aliphatic carbocycles. The van der Waals surface area contributed by atoms with E-state index in [-0.39, 0.29) is 5.91 Å². The summed E-state index contributed by atoms with van der Waals surface area (Å²) >= 11 is 0. The molecule has 2 heterocycles. The molecule has 2 atom stereocenters. The quantitative estimate of drug-likeness (QED) is 0.668. The molecule has 1 amide bonds. The second-order valence-corrected chi connectivity index (χ2v) is 4.79. The predicted octanol–water partition coefficient (Wildman–Crippen LogP) is -0.137. The van der Waals surface area contributed by atoms with Crippen molar-refractivity contribution in [2.75, 3.05) is 18.5 Å². The van der Waals surface area contributed by atoms with Crippen molar-refractivity contribution in [3.8, 4) is 0 Å². The number of hydrogen-bond donors (Lipinski definition) is 3. The topological polar surface area (TPSA) is 92.6 Å². The van der Waals surface area contributed by atoms with Crippen LogP contribution in [0.25, 0.3) is 0 Å². The number of aliphatic hydroxyl groups is 1. The predicted molar refractivity (Wildman–Crippen MR) is 72.4 cm³/mol. The molecule has 7 nitrogen and oxygen atoms in total. The number of aliphatic hydroxyl groups excluding tert-OH is 1. The molecule has 1 aromatic heterocycles. The van der Waals surface area contributed by atoms with E-state index < -0.39 is 18.1 Å². The summed E-state index contributed by atoms with van der Waals surface area (Å²) in [6.07, 6.45) is 1.55. The van der Waals surface area contributed by atoms with Gasteiger partial charge in [-0.25, -0.2) is 4.79 Å². The van der Waals surface area contributed by atoms with Gasteiger partial charge in [-0.2, -0.15) is 0 Å². The number of amides is 1. The lowest BCUT2D eigenvalue weighted by Gasteiger charge is -2.09. The van der Waals surface area contributed by atoms with Crippen molar-refractivity contribution in [2.45, 2.75) is 25.5 Å². The number of nitrogens with one attached hydrogen (secondary N) is 2. The van der Waals surface area contributed by atoms with E-state index in [0.717, 1.165) is 0 Å². The molecule has 2 unspecified atom stereocenters. The van der Waals surface area contributed by atoms with Gasteiger partial charge >= 0.3 is 5.97 Å². The molecule has 0 bridgehead atoms. The summed E-state index contributed by atoms with van der Waals surface area (Å²) in [6.45, 7) is 2.46. The van der Waals surface area contributed by atoms with Gasteiger partial charge in [0.25, 0.3) is 0 Å². The fraction of sp³-hybridized carbons (Fsp3) is 0.538. The van der Waals surface area contributed by atoms with Gasteiger partial charge in [-0.05, 0) is 19.4 Å². The minimum absolute atomic E-state index is 0.220. The SMILES string of the molecule is CCOC(=O)c1cc(NC(=O)C2CC(O)CN2)cn1C. The Morgan fingerprint density at radius 2 is 2.35 bits per heavy atom. The van der Waals surface area contributed by atoms with Gasteiger partial charge in [0.1, 0.15) is 5.69 Å². The smallest absolute Gasteiger partial charge is 0.355 e. The number of nitrogens with zero attached hydrogens (tertiary/aromatic N) is 1. The van der Waals surface area contributed by atoms with Crippen LogP contribution in [-0.4, -0.2) is 46.8 Å². The fourth-order valence-electron chi connectivity index (χ4n) is 2.19. The molecule has 1 saturated heterocycles. The number of carbonyl (C=O) groups is 2. The van der Waals surface area contributed by atoms with E-state index in [9.17, 15) is 14.7 Å². The molecule has 7 heteroatoms. The molecule has 110 valence electrons. The van der Waals surface area contributed by atoms with Gasteiger partial charge in [-0.3, -0.25) is 4.79 Å². The molecule has 0 aromatic carbocycles. The minimum atomic E-state index is -0.489. The number of β-amino-alcohol motifs (C(OH)–C–C–N with tert-alkyl or cyclic N) is 1. The summed E-state index contributed by atoms with van der Waals surface area (Å²) in [6, 6.07) is 1.16. The Bertz CT molecular complexity index is 512. The van der Waals surface area contributed by atoms with Crippen molar-refractivity contribution in [1.82, 2.24) is 9.88 Å². The van der Waals surface area contributed by atoms with Gasteiger partial charge in [0.2, 0.25) is 5.91 Å². The Kier molecular flexibility index (Phi) is 4.41. The van der Waals surface area contributed by atoms with Crippen molar-refractivity contribution >= 4 is 17.6 Å². The van der Waals surface area contributed by atoms with Crippen molar-refractivity contribution in [1.29, 1.82) is 0 Å². The monoisotopic (exact) mass is 281 g/mol. The van der Waals surface area contributed by atoms with Crippen molar-refractivity contribution in [2.24, 2.45) is 7.05 Å². The molecular formula is C13H19N3O4. The summed E-state index contributed by atoms with van der Waals surface area (Å²) < 4.78 is 6.52. The van der Waals surface area contributed by atoms with Crippen molar-refractivity contribution in [3.63, 3.8) is 0 Å². The van der Waals surface area contributed by atoms with E-state index in [2.05, 4.69) is 10.6 Å². The van der Waals surface area contributed by atoms with Gasteiger partial charge in [0, 0.05) is 19.8 Å². The van der Waals surface area contributed by atoms with Crippen LogP contribution in [0.5, 0.6) is 0 Å². The van der Waals surface area contributed by atoms with E-state index in [0.29, 0.717) is 31.0 Å². The maximum Gasteiger partial charge on any atom is 0.355 e. The Hall–Kier alpha value is -1.86. The molecule has 1 fully saturated rings. The highest BCUT2D eigenvalue weighted by Crippen LogP contribution is 2.16. The maximum absolute atomic E-state index is 12.0. The van der Waals surface area contributed by atoms with E-state index in [1.165, 1.54) is 0 Å². The second kappa shape index (κ2) is 6.06. The third kappa shape index (κ3) is 3.17. The number of esters is 1. The van der Waals surface area contributed by atoms with Crippen LogP contribution in [0.15, 0.2) is 12.3 Å². The molecule has 1 aromatic rings. The highest BCUT2D eigenvalue weighted by atomic mass is 16.5. The van der Waals surface area contributed by atoms with Crippen LogP contribution in [-0.2, 0) is 16.6 Å². The number of rotatable bonds is 4. The molecule has 1 aliphatic heterocycles. The number of ether oxygens (including phenoxy) is 1. The van der Waals surface area contributed by atoms with Gasteiger partial charge in [-0.1, -0.05) is 0 Å². The van der Waals surface area contributed by atoms with Crippen LogP contribution in [0.2, 0.25) is 0 Å². The first-order valence-corrected chi connectivity index (χ1v) is 6.57. The van der Waals surface area contributed by atoms with Gasteiger partial charge in [0.05, 0.1) is 24.4 Å². The zero-order chi connectivity index (χ0) is 14.7. The molecule has 0 saturated carbocycles. The van der Waals surface area contributed by atoms with Crippen LogP contribution in [0.4, 0.5) is 5.69 Å². The summed E-state index contributed by atoms with van der Waals surface area (Å²) in [5, 5.41) is 15.0. The lowest BCUT2D eigenvalue weighted by molar-refractivity contribution is -0.117. The minimum Gasteiger partial charge on any atom is -0.461 e. The number of anilines is 1. The van der Waals surface area contributed by atoms with Crippen molar-refractivity contribution in [3.05, 3.63) is 18.0 Å². The van der Waals surface area contributed by atoms with Crippen LogP contribution >= 0.6 is 0 Å². The molecule has 0 radical (unpaired) electrons. The summed E-state index contributed by atoms with van der Waals surface area (Å²) in [4.78, 5) is 23.6. The fourth-order valence-corrected chi connectivity index (χ4v) is 2.19. The summed E-state index contributed by atoms with van der Waals surface area (Å²) in [5.41, 5.74) is 0.908.